The Bertz CT molecular complexity index is 812. The van der Waals surface area contributed by atoms with Crippen LogP contribution in [0.2, 0.25) is 0 Å². The molecule has 1 saturated heterocycles. The maximum absolute atomic E-state index is 12.1. The molecular formula is C23H26N2O3. The van der Waals surface area contributed by atoms with Crippen molar-refractivity contribution in [3.05, 3.63) is 71.3 Å². The lowest BCUT2D eigenvalue weighted by Crippen LogP contribution is -2.23. The van der Waals surface area contributed by atoms with Gasteiger partial charge in [0.15, 0.2) is 0 Å². The predicted octanol–water partition coefficient (Wildman–Crippen LogP) is 4.39. The maximum atomic E-state index is 12.1. The molecule has 3 rings (SSSR count). The fourth-order valence-electron chi connectivity index (χ4n) is 3.29. The molecule has 0 amide bonds. The van der Waals surface area contributed by atoms with Crippen molar-refractivity contribution in [2.45, 2.75) is 45.4 Å². The molecule has 0 aliphatic carbocycles. The Kier molecular flexibility index (Phi) is 6.80. The molecule has 5 nitrogen and oxygen atoms in total. The summed E-state index contributed by atoms with van der Waals surface area (Å²) in [5.74, 6) is 0.0910. The Morgan fingerprint density at radius 3 is 2.57 bits per heavy atom. The van der Waals surface area contributed by atoms with Crippen LogP contribution >= 0.6 is 0 Å². The summed E-state index contributed by atoms with van der Waals surface area (Å²) in [5, 5.41) is 11.0. The van der Waals surface area contributed by atoms with E-state index in [1.165, 1.54) is 0 Å². The van der Waals surface area contributed by atoms with Gasteiger partial charge < -0.3 is 4.74 Å². The zero-order valence-electron chi connectivity index (χ0n) is 16.4. The van der Waals surface area contributed by atoms with E-state index >= 15 is 0 Å². The largest absolute Gasteiger partial charge is 0.465 e. The molecule has 2 atom stereocenters. The molecule has 0 unspecified atom stereocenters. The molecular weight excluding hydrogens is 352 g/mol. The summed E-state index contributed by atoms with van der Waals surface area (Å²) in [6.45, 7) is 5.09. The van der Waals surface area contributed by atoms with Gasteiger partial charge in [0.2, 0.25) is 0 Å². The van der Waals surface area contributed by atoms with Crippen molar-refractivity contribution in [1.82, 2.24) is 5.06 Å². The van der Waals surface area contributed by atoms with Gasteiger partial charge >= 0.3 is 5.97 Å². The third-order valence-corrected chi connectivity index (χ3v) is 4.70. The molecule has 1 aliphatic heterocycles. The molecule has 0 N–H and O–H groups in total. The lowest BCUT2D eigenvalue weighted by Gasteiger charge is -2.23. The molecule has 5 heteroatoms. The Labute approximate surface area is 166 Å². The number of hydrogen-bond donors (Lipinski definition) is 0. The van der Waals surface area contributed by atoms with E-state index in [1.54, 1.807) is 0 Å². The summed E-state index contributed by atoms with van der Waals surface area (Å²) in [6.07, 6.45) is 0.726. The summed E-state index contributed by atoms with van der Waals surface area (Å²) in [7, 11) is 0. The third-order valence-electron chi connectivity index (χ3n) is 4.70. The molecule has 146 valence electrons. The van der Waals surface area contributed by atoms with Gasteiger partial charge in [-0.2, -0.15) is 10.3 Å². The smallest absolute Gasteiger partial charge is 0.308 e. The number of hydrogen-bond acceptors (Lipinski definition) is 5. The van der Waals surface area contributed by atoms with E-state index < -0.39 is 0 Å². The number of ether oxygens (including phenoxy) is 1. The topological polar surface area (TPSA) is 62.6 Å². The van der Waals surface area contributed by atoms with Gasteiger partial charge in [-0.25, -0.2) is 0 Å². The molecule has 2 aromatic carbocycles. The molecule has 0 saturated carbocycles. The van der Waals surface area contributed by atoms with Crippen molar-refractivity contribution in [2.24, 2.45) is 5.92 Å². The van der Waals surface area contributed by atoms with Crippen LogP contribution in [0.4, 0.5) is 0 Å². The van der Waals surface area contributed by atoms with Crippen molar-refractivity contribution < 1.29 is 14.4 Å². The first-order chi connectivity index (χ1) is 13.5. The van der Waals surface area contributed by atoms with Crippen molar-refractivity contribution in [3.63, 3.8) is 0 Å². The lowest BCUT2D eigenvalue weighted by molar-refractivity contribution is -0.179. The highest BCUT2D eigenvalue weighted by atomic mass is 16.7. The minimum absolute atomic E-state index is 0.0239. The minimum atomic E-state index is -0.223. The molecule has 0 radical (unpaired) electrons. The van der Waals surface area contributed by atoms with Crippen molar-refractivity contribution >= 4 is 5.97 Å². The predicted molar refractivity (Wildman–Crippen MR) is 106 cm³/mol. The average molecular weight is 378 g/mol. The number of nitriles is 1. The second kappa shape index (κ2) is 9.50. The van der Waals surface area contributed by atoms with Crippen molar-refractivity contribution in [1.29, 1.82) is 5.26 Å². The van der Waals surface area contributed by atoms with Crippen LogP contribution in [0.1, 0.15) is 49.4 Å². The molecule has 2 aromatic rings. The minimum Gasteiger partial charge on any atom is -0.465 e. The molecule has 0 aromatic heterocycles. The monoisotopic (exact) mass is 378 g/mol. The molecule has 1 heterocycles. The average Bonchev–Trinajstić information content (AvgIpc) is 3.09. The first-order valence-electron chi connectivity index (χ1n) is 9.68. The lowest BCUT2D eigenvalue weighted by atomic mass is 9.99. The van der Waals surface area contributed by atoms with Crippen LogP contribution in [-0.2, 0) is 20.9 Å². The molecule has 0 spiro atoms. The second-order valence-electron chi connectivity index (χ2n) is 7.55. The van der Waals surface area contributed by atoms with E-state index in [4.69, 9.17) is 14.8 Å². The highest BCUT2D eigenvalue weighted by molar-refractivity contribution is 5.70. The van der Waals surface area contributed by atoms with E-state index in [9.17, 15) is 4.79 Å². The molecule has 1 fully saturated rings. The number of rotatable bonds is 7. The number of hydroxylamine groups is 2. The van der Waals surface area contributed by atoms with Crippen LogP contribution in [0, 0.1) is 17.2 Å². The van der Waals surface area contributed by atoms with E-state index in [1.807, 2.05) is 61.4 Å². The number of nitrogens with zero attached hydrogens (tertiary/aromatic N) is 2. The highest BCUT2D eigenvalue weighted by Crippen LogP contribution is 2.36. The summed E-state index contributed by atoms with van der Waals surface area (Å²) >= 11 is 0. The van der Waals surface area contributed by atoms with Crippen LogP contribution in [-0.4, -0.2) is 23.7 Å². The second-order valence-corrected chi connectivity index (χ2v) is 7.55. The third kappa shape index (κ3) is 5.41. The molecule has 1 aliphatic rings. The van der Waals surface area contributed by atoms with Crippen LogP contribution in [0.5, 0.6) is 0 Å². The van der Waals surface area contributed by atoms with E-state index in [0.29, 0.717) is 31.1 Å². The fourth-order valence-corrected chi connectivity index (χ4v) is 3.29. The van der Waals surface area contributed by atoms with Gasteiger partial charge in [-0.15, -0.1) is 0 Å². The summed E-state index contributed by atoms with van der Waals surface area (Å²) in [5.41, 5.74) is 2.85. The number of benzene rings is 2. The summed E-state index contributed by atoms with van der Waals surface area (Å²) in [6, 6.07) is 19.8. The Morgan fingerprint density at radius 2 is 1.93 bits per heavy atom. The van der Waals surface area contributed by atoms with Gasteiger partial charge in [-0.05, 0) is 35.6 Å². The van der Waals surface area contributed by atoms with Crippen LogP contribution in [0.25, 0.3) is 0 Å². The van der Waals surface area contributed by atoms with Crippen molar-refractivity contribution in [2.75, 3.05) is 6.61 Å². The molecule has 28 heavy (non-hydrogen) atoms. The Hall–Kier alpha value is -2.68. The first kappa shape index (κ1) is 20.1. The summed E-state index contributed by atoms with van der Waals surface area (Å²) < 4.78 is 5.32. The van der Waals surface area contributed by atoms with E-state index in [2.05, 4.69) is 18.2 Å². The Balaban J connectivity index is 1.72. The van der Waals surface area contributed by atoms with Gasteiger partial charge in [0.05, 0.1) is 36.8 Å². The van der Waals surface area contributed by atoms with E-state index in [0.717, 1.165) is 11.1 Å². The molecule has 0 bridgehead atoms. The van der Waals surface area contributed by atoms with Gasteiger partial charge in [-0.1, -0.05) is 56.3 Å². The Morgan fingerprint density at radius 1 is 1.21 bits per heavy atom. The number of carbonyl (C=O) groups is 1. The fraction of sp³-hybridized carbons (Fsp3) is 0.391. The van der Waals surface area contributed by atoms with E-state index in [-0.39, 0.29) is 24.5 Å². The number of esters is 1. The summed E-state index contributed by atoms with van der Waals surface area (Å²) in [4.78, 5) is 18.3. The van der Waals surface area contributed by atoms with Crippen LogP contribution < -0.4 is 0 Å². The number of carbonyl (C=O) groups excluding carboxylic acids is 1. The zero-order valence-corrected chi connectivity index (χ0v) is 16.4. The van der Waals surface area contributed by atoms with Gasteiger partial charge in [0.25, 0.3) is 0 Å². The maximum Gasteiger partial charge on any atom is 0.308 e. The quantitative estimate of drug-likeness (QED) is 0.669. The SMILES string of the molecule is CC(C)COC(=O)C[C@@H]1C[C@H](c2ccc(C#N)cc2)N(Cc2ccccc2)O1. The first-order valence-corrected chi connectivity index (χ1v) is 9.68. The highest BCUT2D eigenvalue weighted by Gasteiger charge is 2.36. The zero-order chi connectivity index (χ0) is 19.9. The van der Waals surface area contributed by atoms with Gasteiger partial charge in [0, 0.05) is 6.54 Å². The van der Waals surface area contributed by atoms with Crippen LogP contribution in [0.3, 0.4) is 0 Å². The standard InChI is InChI=1S/C23H26N2O3/c1-17(2)16-27-23(26)13-21-12-22(20-10-8-18(14-24)9-11-20)25(28-21)15-19-6-4-3-5-7-19/h3-11,17,21-22H,12-13,15-16H2,1-2H3/t21-,22+/m0/s1. The van der Waals surface area contributed by atoms with Gasteiger partial charge in [-0.3, -0.25) is 9.63 Å². The van der Waals surface area contributed by atoms with Gasteiger partial charge in [0.1, 0.15) is 0 Å². The normalized spacial score (nSPS) is 19.5. The van der Waals surface area contributed by atoms with Crippen LogP contribution in [0.15, 0.2) is 54.6 Å². The van der Waals surface area contributed by atoms with Crippen molar-refractivity contribution in [3.8, 4) is 6.07 Å².